The van der Waals surface area contributed by atoms with Crippen molar-refractivity contribution in [1.29, 1.82) is 0 Å². The van der Waals surface area contributed by atoms with E-state index < -0.39 is 5.82 Å². The molecule has 6 heteroatoms. The van der Waals surface area contributed by atoms with Gasteiger partial charge in [0.25, 0.3) is 5.91 Å². The summed E-state index contributed by atoms with van der Waals surface area (Å²) in [5.41, 5.74) is 3.30. The van der Waals surface area contributed by atoms with E-state index in [4.69, 9.17) is 4.74 Å². The van der Waals surface area contributed by atoms with Crippen LogP contribution in [0.15, 0.2) is 82.7 Å². The zero-order valence-electron chi connectivity index (χ0n) is 15.6. The predicted octanol–water partition coefficient (Wildman–Crippen LogP) is 5.39. The van der Waals surface area contributed by atoms with Crippen LogP contribution in [-0.4, -0.2) is 18.2 Å². The number of hydrogen-bond donors (Lipinski definition) is 1. The molecule has 1 heterocycles. The number of nitrogens with one attached hydrogen (secondary N) is 1. The first-order valence-electron chi connectivity index (χ1n) is 8.91. The van der Waals surface area contributed by atoms with Crippen molar-refractivity contribution in [2.45, 2.75) is 0 Å². The number of ether oxygens (including phenoxy) is 1. The van der Waals surface area contributed by atoms with Crippen molar-refractivity contribution in [3.05, 3.63) is 89.1 Å². The van der Waals surface area contributed by atoms with Crippen molar-refractivity contribution in [3.63, 3.8) is 0 Å². The topological polar surface area (TPSA) is 50.7 Å². The van der Waals surface area contributed by atoms with Crippen molar-refractivity contribution >= 4 is 34.6 Å². The van der Waals surface area contributed by atoms with Crippen LogP contribution < -0.4 is 10.1 Å². The number of nitrogens with zero attached hydrogens (tertiary/aromatic N) is 1. The molecule has 4 nitrogen and oxygen atoms in total. The lowest BCUT2D eigenvalue weighted by atomic mass is 10.0. The maximum Gasteiger partial charge on any atom is 0.264 e. The third kappa shape index (κ3) is 4.38. The first-order chi connectivity index (χ1) is 14.1. The van der Waals surface area contributed by atoms with E-state index in [0.717, 1.165) is 22.4 Å². The predicted molar refractivity (Wildman–Crippen MR) is 116 cm³/mol. The number of amides is 1. The second kappa shape index (κ2) is 8.32. The van der Waals surface area contributed by atoms with Gasteiger partial charge in [0.1, 0.15) is 0 Å². The van der Waals surface area contributed by atoms with Crippen LogP contribution >= 0.6 is 11.8 Å². The van der Waals surface area contributed by atoms with E-state index in [0.29, 0.717) is 10.1 Å². The van der Waals surface area contributed by atoms with Crippen molar-refractivity contribution in [2.24, 2.45) is 4.99 Å². The van der Waals surface area contributed by atoms with Crippen molar-refractivity contribution in [2.75, 3.05) is 7.11 Å². The number of benzene rings is 3. The van der Waals surface area contributed by atoms with Crippen LogP contribution in [0.1, 0.15) is 5.56 Å². The van der Waals surface area contributed by atoms with Gasteiger partial charge in [-0.3, -0.25) is 4.79 Å². The van der Waals surface area contributed by atoms with Gasteiger partial charge in [0.05, 0.1) is 17.7 Å². The average molecular weight is 404 g/mol. The Bertz CT molecular complexity index is 1110. The van der Waals surface area contributed by atoms with Crippen molar-refractivity contribution in [3.8, 4) is 16.9 Å². The Balaban J connectivity index is 1.52. The summed E-state index contributed by atoms with van der Waals surface area (Å²) in [6.45, 7) is 0. The van der Waals surface area contributed by atoms with Crippen LogP contribution in [0, 0.1) is 5.82 Å². The molecule has 0 aromatic heterocycles. The molecule has 0 aliphatic carbocycles. The maximum atomic E-state index is 13.9. The molecule has 1 saturated heterocycles. The molecule has 1 aliphatic rings. The fourth-order valence-corrected chi connectivity index (χ4v) is 3.71. The Morgan fingerprint density at radius 2 is 1.72 bits per heavy atom. The van der Waals surface area contributed by atoms with E-state index in [1.807, 2.05) is 66.7 Å². The number of rotatable bonds is 4. The minimum Gasteiger partial charge on any atom is -0.494 e. The number of carbonyl (C=O) groups is 1. The molecule has 0 bridgehead atoms. The summed E-state index contributed by atoms with van der Waals surface area (Å²) >= 11 is 1.30. The quantitative estimate of drug-likeness (QED) is 0.593. The first-order valence-corrected chi connectivity index (χ1v) is 9.72. The number of methoxy groups -OCH3 is 1. The van der Waals surface area contributed by atoms with E-state index in [9.17, 15) is 9.18 Å². The van der Waals surface area contributed by atoms with Gasteiger partial charge in [-0.05, 0) is 58.8 Å². The minimum atomic E-state index is -0.402. The van der Waals surface area contributed by atoms with Gasteiger partial charge in [-0.25, -0.2) is 9.38 Å². The lowest BCUT2D eigenvalue weighted by Crippen LogP contribution is -2.19. The summed E-state index contributed by atoms with van der Waals surface area (Å²) in [5, 5.41) is 3.33. The number of halogens is 1. The number of hydrogen-bond acceptors (Lipinski definition) is 4. The van der Waals surface area contributed by atoms with Crippen molar-refractivity contribution in [1.82, 2.24) is 5.32 Å². The number of amidine groups is 1. The van der Waals surface area contributed by atoms with Crippen molar-refractivity contribution < 1.29 is 13.9 Å². The molecule has 1 aliphatic heterocycles. The molecule has 1 amide bonds. The van der Waals surface area contributed by atoms with Crippen LogP contribution in [0.2, 0.25) is 0 Å². The highest BCUT2D eigenvalue weighted by Crippen LogP contribution is 2.29. The lowest BCUT2D eigenvalue weighted by Gasteiger charge is -2.06. The smallest absolute Gasteiger partial charge is 0.264 e. The minimum absolute atomic E-state index is 0.175. The van der Waals surface area contributed by atoms with Crippen LogP contribution in [-0.2, 0) is 4.79 Å². The first kappa shape index (κ1) is 19.0. The van der Waals surface area contributed by atoms with E-state index in [2.05, 4.69) is 10.3 Å². The number of aliphatic imine (C=N–C) groups is 1. The van der Waals surface area contributed by atoms with E-state index >= 15 is 0 Å². The Hall–Kier alpha value is -3.38. The molecule has 0 spiro atoms. The number of carbonyl (C=O) groups excluding carboxylic acids is 1. The summed E-state index contributed by atoms with van der Waals surface area (Å²) in [6.07, 6.45) is 1.81. The van der Waals surface area contributed by atoms with E-state index in [1.54, 1.807) is 6.07 Å². The molecule has 1 fully saturated rings. The molecule has 29 heavy (non-hydrogen) atoms. The van der Waals surface area contributed by atoms with Crippen LogP contribution in [0.4, 0.5) is 10.1 Å². The molecular weight excluding hydrogens is 387 g/mol. The molecule has 0 radical (unpaired) electrons. The fourth-order valence-electron chi connectivity index (χ4n) is 2.87. The molecule has 3 aromatic carbocycles. The van der Waals surface area contributed by atoms with Gasteiger partial charge in [0.2, 0.25) is 0 Å². The number of thioether (sulfide) groups is 1. The normalized spacial score (nSPS) is 16.3. The lowest BCUT2D eigenvalue weighted by molar-refractivity contribution is -0.115. The van der Waals surface area contributed by atoms with Gasteiger partial charge in [0.15, 0.2) is 16.7 Å². The summed E-state index contributed by atoms with van der Waals surface area (Å²) < 4.78 is 18.9. The van der Waals surface area contributed by atoms with Gasteiger partial charge in [-0.1, -0.05) is 48.5 Å². The molecule has 144 valence electrons. The van der Waals surface area contributed by atoms with Crippen LogP contribution in [0.3, 0.4) is 0 Å². The van der Waals surface area contributed by atoms with Gasteiger partial charge >= 0.3 is 0 Å². The average Bonchev–Trinajstić information content (AvgIpc) is 3.08. The highest BCUT2D eigenvalue weighted by molar-refractivity contribution is 8.18. The van der Waals surface area contributed by atoms with Crippen LogP contribution in [0.25, 0.3) is 17.2 Å². The molecule has 0 unspecified atom stereocenters. The van der Waals surface area contributed by atoms with Gasteiger partial charge in [-0.15, -0.1) is 0 Å². The third-order valence-corrected chi connectivity index (χ3v) is 5.24. The molecule has 1 N–H and O–H groups in total. The zero-order valence-corrected chi connectivity index (χ0v) is 16.4. The van der Waals surface area contributed by atoms with Crippen LogP contribution in [0.5, 0.6) is 5.75 Å². The third-order valence-electron chi connectivity index (χ3n) is 4.33. The maximum absolute atomic E-state index is 13.9. The second-order valence-corrected chi connectivity index (χ2v) is 7.32. The highest BCUT2D eigenvalue weighted by atomic mass is 32.2. The highest BCUT2D eigenvalue weighted by Gasteiger charge is 2.23. The molecule has 4 rings (SSSR count). The Kier molecular flexibility index (Phi) is 5.44. The zero-order chi connectivity index (χ0) is 20.2. The Labute approximate surface area is 172 Å². The molecule has 0 saturated carbocycles. The summed E-state index contributed by atoms with van der Waals surface area (Å²) in [6, 6.07) is 21.9. The molecular formula is C23H17FN2O2S. The summed E-state index contributed by atoms with van der Waals surface area (Å²) in [7, 11) is 1.44. The van der Waals surface area contributed by atoms with E-state index in [-0.39, 0.29) is 11.7 Å². The summed E-state index contributed by atoms with van der Waals surface area (Å²) in [5.74, 6) is -0.362. The second-order valence-electron chi connectivity index (χ2n) is 6.29. The SMILES string of the molecule is COc1ccc(-c2ccc(/C=C3/SC(=Nc4ccccc4)NC3=O)cc2)cc1F. The largest absolute Gasteiger partial charge is 0.494 e. The summed E-state index contributed by atoms with van der Waals surface area (Å²) in [4.78, 5) is 17.2. The standard InChI is InChI=1S/C23H17FN2O2S/c1-28-20-12-11-17(14-19(20)24)16-9-7-15(8-10-16)13-21-22(27)26-23(29-21)25-18-5-3-2-4-6-18/h2-14H,1H3,(H,25,26,27)/b21-13+. The van der Waals surface area contributed by atoms with E-state index in [1.165, 1.54) is 24.9 Å². The molecule has 3 aromatic rings. The van der Waals surface area contributed by atoms with Gasteiger partial charge in [0, 0.05) is 0 Å². The fraction of sp³-hybridized carbons (Fsp3) is 0.0435. The molecule has 0 atom stereocenters. The van der Waals surface area contributed by atoms with Gasteiger partial charge < -0.3 is 10.1 Å². The Morgan fingerprint density at radius 1 is 1.00 bits per heavy atom. The Morgan fingerprint density at radius 3 is 2.41 bits per heavy atom. The van der Waals surface area contributed by atoms with Gasteiger partial charge in [-0.2, -0.15) is 0 Å². The number of para-hydroxylation sites is 1. The monoisotopic (exact) mass is 404 g/mol.